The van der Waals surface area contributed by atoms with Crippen LogP contribution in [0.3, 0.4) is 0 Å². The fourth-order valence-corrected chi connectivity index (χ4v) is 2.40. The molecule has 0 unspecified atom stereocenters. The third-order valence-electron chi connectivity index (χ3n) is 3.36. The summed E-state index contributed by atoms with van der Waals surface area (Å²) in [6, 6.07) is 5.31. The van der Waals surface area contributed by atoms with Crippen LogP contribution >= 0.6 is 0 Å². The van der Waals surface area contributed by atoms with Gasteiger partial charge in [-0.15, -0.1) is 0 Å². The number of carbonyl (C=O) groups is 1. The zero-order valence-corrected chi connectivity index (χ0v) is 9.39. The SMILES string of the molecule is O=C1OCc2cc(O[C@@H]3CCC[C@@H]3O)ccc21. The lowest BCUT2D eigenvalue weighted by Crippen LogP contribution is -2.25. The molecule has 3 rings (SSSR count). The first-order valence-electron chi connectivity index (χ1n) is 5.89. The Hall–Kier alpha value is -1.55. The van der Waals surface area contributed by atoms with Gasteiger partial charge in [-0.05, 0) is 37.5 Å². The second-order valence-corrected chi connectivity index (χ2v) is 4.55. The summed E-state index contributed by atoms with van der Waals surface area (Å²) in [5.41, 5.74) is 1.48. The van der Waals surface area contributed by atoms with E-state index in [1.54, 1.807) is 12.1 Å². The molecule has 1 N–H and O–H groups in total. The number of esters is 1. The van der Waals surface area contributed by atoms with Crippen LogP contribution in [0.25, 0.3) is 0 Å². The molecule has 4 nitrogen and oxygen atoms in total. The van der Waals surface area contributed by atoms with Crippen LogP contribution < -0.4 is 4.74 Å². The van der Waals surface area contributed by atoms with Gasteiger partial charge >= 0.3 is 5.97 Å². The average molecular weight is 234 g/mol. The summed E-state index contributed by atoms with van der Waals surface area (Å²) in [6.45, 7) is 0.318. The third kappa shape index (κ3) is 1.89. The molecule has 0 amide bonds. The molecule has 1 heterocycles. The van der Waals surface area contributed by atoms with Crippen LogP contribution in [-0.2, 0) is 11.3 Å². The van der Waals surface area contributed by atoms with E-state index in [2.05, 4.69) is 0 Å². The Labute approximate surface area is 99.2 Å². The van der Waals surface area contributed by atoms with Crippen LogP contribution in [0.1, 0.15) is 35.2 Å². The van der Waals surface area contributed by atoms with Gasteiger partial charge in [0, 0.05) is 5.56 Å². The summed E-state index contributed by atoms with van der Waals surface area (Å²) in [7, 11) is 0. The fourth-order valence-electron chi connectivity index (χ4n) is 2.40. The van der Waals surface area contributed by atoms with Crippen molar-refractivity contribution in [1.29, 1.82) is 0 Å². The van der Waals surface area contributed by atoms with Crippen molar-refractivity contribution < 1.29 is 19.4 Å². The Morgan fingerprint density at radius 3 is 3.00 bits per heavy atom. The highest BCUT2D eigenvalue weighted by atomic mass is 16.5. The van der Waals surface area contributed by atoms with E-state index in [9.17, 15) is 9.90 Å². The Morgan fingerprint density at radius 2 is 2.24 bits per heavy atom. The van der Waals surface area contributed by atoms with E-state index < -0.39 is 0 Å². The maximum Gasteiger partial charge on any atom is 0.338 e. The molecule has 0 radical (unpaired) electrons. The zero-order chi connectivity index (χ0) is 11.8. The van der Waals surface area contributed by atoms with E-state index in [-0.39, 0.29) is 18.2 Å². The quantitative estimate of drug-likeness (QED) is 0.790. The van der Waals surface area contributed by atoms with Crippen molar-refractivity contribution >= 4 is 5.97 Å². The maximum absolute atomic E-state index is 11.3. The normalized spacial score (nSPS) is 26.8. The Bertz CT molecular complexity index is 455. The standard InChI is InChI=1S/C13H14O4/c14-11-2-1-3-12(11)17-9-4-5-10-8(6-9)7-16-13(10)15/h4-6,11-12,14H,1-3,7H2/t11-,12+/m0/s1. The van der Waals surface area contributed by atoms with E-state index in [0.29, 0.717) is 17.9 Å². The number of hydrogen-bond donors (Lipinski definition) is 1. The lowest BCUT2D eigenvalue weighted by molar-refractivity contribution is 0.0534. The molecule has 0 spiro atoms. The van der Waals surface area contributed by atoms with Gasteiger partial charge in [0.25, 0.3) is 0 Å². The van der Waals surface area contributed by atoms with Crippen molar-refractivity contribution in [3.05, 3.63) is 29.3 Å². The maximum atomic E-state index is 11.3. The number of fused-ring (bicyclic) bond motifs is 1. The highest BCUT2D eigenvalue weighted by Crippen LogP contribution is 2.28. The molecular formula is C13H14O4. The summed E-state index contributed by atoms with van der Waals surface area (Å²) in [4.78, 5) is 11.3. The second-order valence-electron chi connectivity index (χ2n) is 4.55. The average Bonchev–Trinajstić information content (AvgIpc) is 2.87. The van der Waals surface area contributed by atoms with Crippen LogP contribution in [0.5, 0.6) is 5.75 Å². The number of cyclic esters (lactones) is 1. The van der Waals surface area contributed by atoms with E-state index in [1.165, 1.54) is 0 Å². The van der Waals surface area contributed by atoms with Gasteiger partial charge in [-0.25, -0.2) is 4.79 Å². The summed E-state index contributed by atoms with van der Waals surface area (Å²) in [5.74, 6) is 0.431. The Morgan fingerprint density at radius 1 is 1.35 bits per heavy atom. The minimum atomic E-state index is -0.374. The Balaban J connectivity index is 1.78. The molecule has 1 aliphatic heterocycles. The molecular weight excluding hydrogens is 220 g/mol. The molecule has 0 bridgehead atoms. The molecule has 1 saturated carbocycles. The molecule has 2 aliphatic rings. The summed E-state index contributed by atoms with van der Waals surface area (Å²) in [6.07, 6.45) is 2.19. The van der Waals surface area contributed by atoms with Crippen molar-refractivity contribution in [2.45, 2.75) is 38.1 Å². The number of ether oxygens (including phenoxy) is 2. The number of aliphatic hydroxyl groups excluding tert-OH is 1. The van der Waals surface area contributed by atoms with Crippen LogP contribution in [-0.4, -0.2) is 23.3 Å². The first-order valence-corrected chi connectivity index (χ1v) is 5.89. The van der Waals surface area contributed by atoms with Gasteiger partial charge in [0.1, 0.15) is 18.5 Å². The van der Waals surface area contributed by atoms with Crippen molar-refractivity contribution in [2.24, 2.45) is 0 Å². The highest BCUT2D eigenvalue weighted by molar-refractivity contribution is 5.93. The van der Waals surface area contributed by atoms with Gasteiger partial charge in [0.15, 0.2) is 0 Å². The lowest BCUT2D eigenvalue weighted by Gasteiger charge is -2.17. The molecule has 0 aromatic heterocycles. The van der Waals surface area contributed by atoms with Crippen molar-refractivity contribution in [3.8, 4) is 5.75 Å². The summed E-state index contributed by atoms with van der Waals surface area (Å²) >= 11 is 0. The van der Waals surface area contributed by atoms with Crippen LogP contribution in [0.15, 0.2) is 18.2 Å². The molecule has 0 saturated heterocycles. The van der Waals surface area contributed by atoms with Gasteiger partial charge in [-0.3, -0.25) is 0 Å². The monoisotopic (exact) mass is 234 g/mol. The largest absolute Gasteiger partial charge is 0.488 e. The third-order valence-corrected chi connectivity index (χ3v) is 3.36. The molecule has 1 aromatic rings. The summed E-state index contributed by atoms with van der Waals surface area (Å²) in [5, 5.41) is 9.68. The minimum absolute atomic E-state index is 0.119. The second kappa shape index (κ2) is 4.04. The molecule has 1 fully saturated rings. The van der Waals surface area contributed by atoms with Crippen LogP contribution in [0.4, 0.5) is 0 Å². The van der Waals surface area contributed by atoms with Gasteiger partial charge < -0.3 is 14.6 Å². The van der Waals surface area contributed by atoms with Gasteiger partial charge in [0.05, 0.1) is 11.7 Å². The zero-order valence-electron chi connectivity index (χ0n) is 9.39. The Kier molecular flexibility index (Phi) is 2.52. The smallest absolute Gasteiger partial charge is 0.338 e. The first kappa shape index (κ1) is 10.6. The predicted molar refractivity (Wildman–Crippen MR) is 59.8 cm³/mol. The number of rotatable bonds is 2. The lowest BCUT2D eigenvalue weighted by atomic mass is 10.1. The minimum Gasteiger partial charge on any atom is -0.488 e. The molecule has 4 heteroatoms. The molecule has 1 aromatic carbocycles. The topological polar surface area (TPSA) is 55.8 Å². The van der Waals surface area contributed by atoms with Crippen LogP contribution in [0.2, 0.25) is 0 Å². The van der Waals surface area contributed by atoms with E-state index in [1.807, 2.05) is 6.07 Å². The van der Waals surface area contributed by atoms with Crippen LogP contribution in [0, 0.1) is 0 Å². The molecule has 17 heavy (non-hydrogen) atoms. The van der Waals surface area contributed by atoms with E-state index >= 15 is 0 Å². The highest BCUT2D eigenvalue weighted by Gasteiger charge is 2.28. The molecule has 2 atom stereocenters. The number of hydrogen-bond acceptors (Lipinski definition) is 4. The van der Waals surface area contributed by atoms with E-state index in [0.717, 1.165) is 24.8 Å². The van der Waals surface area contributed by atoms with Gasteiger partial charge in [0.2, 0.25) is 0 Å². The van der Waals surface area contributed by atoms with E-state index in [4.69, 9.17) is 9.47 Å². The van der Waals surface area contributed by atoms with Crippen molar-refractivity contribution in [2.75, 3.05) is 0 Å². The molecule has 1 aliphatic carbocycles. The van der Waals surface area contributed by atoms with Gasteiger partial charge in [-0.2, -0.15) is 0 Å². The number of aliphatic hydroxyl groups is 1. The van der Waals surface area contributed by atoms with Crippen molar-refractivity contribution in [3.63, 3.8) is 0 Å². The molecule has 90 valence electrons. The van der Waals surface area contributed by atoms with Crippen molar-refractivity contribution in [1.82, 2.24) is 0 Å². The first-order chi connectivity index (χ1) is 8.24. The summed E-state index contributed by atoms with van der Waals surface area (Å²) < 4.78 is 10.7. The van der Waals surface area contributed by atoms with Gasteiger partial charge in [-0.1, -0.05) is 0 Å². The number of benzene rings is 1. The number of carbonyl (C=O) groups excluding carboxylic acids is 1. The predicted octanol–water partition coefficient (Wildman–Crippen LogP) is 1.65. The fraction of sp³-hybridized carbons (Fsp3) is 0.462.